The maximum atomic E-state index is 11.2. The van der Waals surface area contributed by atoms with Gasteiger partial charge in [-0.15, -0.1) is 0 Å². The molecule has 1 N–H and O–H groups in total. The molecule has 5 nitrogen and oxygen atoms in total. The molecule has 4 aromatic carbocycles. The van der Waals surface area contributed by atoms with E-state index >= 15 is 0 Å². The lowest BCUT2D eigenvalue weighted by Gasteiger charge is -2.16. The number of ether oxygens (including phenoxy) is 2. The van der Waals surface area contributed by atoms with Crippen molar-refractivity contribution in [1.82, 2.24) is 10.3 Å². The number of amides is 1. The van der Waals surface area contributed by atoms with E-state index in [4.69, 9.17) is 21.1 Å². The highest BCUT2D eigenvalue weighted by atomic mass is 35.5. The van der Waals surface area contributed by atoms with Gasteiger partial charge in [-0.1, -0.05) is 72.3 Å². The predicted molar refractivity (Wildman–Crippen MR) is 175 cm³/mol. The second-order valence-electron chi connectivity index (χ2n) is 10.8. The summed E-state index contributed by atoms with van der Waals surface area (Å²) in [6, 6.07) is 30.8. The van der Waals surface area contributed by atoms with Crippen LogP contribution in [0.15, 0.2) is 91.0 Å². The standard InChI is InChI=1S/C37H37ClN2O3/c1-25-20-35(38)34-21-28(15-18-36(34)40-25)23-43-37-22-32(17-16-30(37)12-7-8-19-39-27(3)41)42-24-31-13-9-14-33(26(31)2)29-10-5-4-6-11-29/h4-6,9-11,13-18,20-22H,7-8,12,19,23-24H2,1-3H3,(H,39,41). The topological polar surface area (TPSA) is 60.5 Å². The van der Waals surface area contributed by atoms with Crippen molar-refractivity contribution in [3.8, 4) is 22.6 Å². The number of halogens is 1. The molecule has 0 radical (unpaired) electrons. The minimum Gasteiger partial charge on any atom is -0.489 e. The van der Waals surface area contributed by atoms with E-state index < -0.39 is 0 Å². The lowest BCUT2D eigenvalue weighted by molar-refractivity contribution is -0.118. The highest BCUT2D eigenvalue weighted by Gasteiger charge is 2.11. The Morgan fingerprint density at radius 3 is 2.49 bits per heavy atom. The number of hydrogen-bond donors (Lipinski definition) is 1. The third kappa shape index (κ3) is 7.94. The molecule has 1 heterocycles. The van der Waals surface area contributed by atoms with Crippen LogP contribution in [0.3, 0.4) is 0 Å². The number of pyridine rings is 1. The van der Waals surface area contributed by atoms with Gasteiger partial charge in [0.1, 0.15) is 24.7 Å². The highest BCUT2D eigenvalue weighted by molar-refractivity contribution is 6.35. The van der Waals surface area contributed by atoms with Gasteiger partial charge in [0, 0.05) is 30.6 Å². The van der Waals surface area contributed by atoms with Gasteiger partial charge in [-0.05, 0) is 90.8 Å². The molecule has 0 aliphatic carbocycles. The number of aryl methyl sites for hydroxylation is 2. The zero-order valence-corrected chi connectivity index (χ0v) is 25.7. The third-order valence-corrected chi connectivity index (χ3v) is 7.87. The number of benzene rings is 4. The molecule has 220 valence electrons. The van der Waals surface area contributed by atoms with E-state index in [1.807, 2.05) is 49.4 Å². The zero-order chi connectivity index (χ0) is 30.2. The number of hydrogen-bond acceptors (Lipinski definition) is 4. The summed E-state index contributed by atoms with van der Waals surface area (Å²) in [7, 11) is 0. The molecule has 0 unspecified atom stereocenters. The summed E-state index contributed by atoms with van der Waals surface area (Å²) in [6.45, 7) is 7.14. The Hall–Kier alpha value is -4.35. The Labute approximate surface area is 258 Å². The zero-order valence-electron chi connectivity index (χ0n) is 25.0. The Bertz CT molecular complexity index is 1720. The summed E-state index contributed by atoms with van der Waals surface area (Å²) in [4.78, 5) is 15.8. The summed E-state index contributed by atoms with van der Waals surface area (Å²) >= 11 is 6.52. The molecule has 1 aromatic heterocycles. The maximum Gasteiger partial charge on any atom is 0.216 e. The first-order valence-corrected chi connectivity index (χ1v) is 15.1. The molecule has 0 spiro atoms. The maximum absolute atomic E-state index is 11.2. The Balaban J connectivity index is 1.32. The van der Waals surface area contributed by atoms with E-state index in [1.165, 1.54) is 16.7 Å². The molecular formula is C37H37ClN2O3. The minimum atomic E-state index is -0.00378. The van der Waals surface area contributed by atoms with Crippen LogP contribution in [0.25, 0.3) is 22.0 Å². The fourth-order valence-corrected chi connectivity index (χ4v) is 5.52. The van der Waals surface area contributed by atoms with Crippen LogP contribution in [0.4, 0.5) is 0 Å². The van der Waals surface area contributed by atoms with Crippen molar-refractivity contribution in [1.29, 1.82) is 0 Å². The van der Waals surface area contributed by atoms with Gasteiger partial charge >= 0.3 is 0 Å². The van der Waals surface area contributed by atoms with E-state index in [0.717, 1.165) is 64.0 Å². The monoisotopic (exact) mass is 592 g/mol. The van der Waals surface area contributed by atoms with Crippen LogP contribution < -0.4 is 14.8 Å². The van der Waals surface area contributed by atoms with Gasteiger partial charge in [0.05, 0.1) is 10.5 Å². The second kappa shape index (κ2) is 14.2. The first-order chi connectivity index (χ1) is 20.9. The van der Waals surface area contributed by atoms with Gasteiger partial charge in [0.15, 0.2) is 0 Å². The number of carbonyl (C=O) groups is 1. The smallest absolute Gasteiger partial charge is 0.216 e. The van der Waals surface area contributed by atoms with Crippen LogP contribution in [0.2, 0.25) is 5.02 Å². The summed E-state index contributed by atoms with van der Waals surface area (Å²) in [6.07, 6.45) is 2.66. The van der Waals surface area contributed by atoms with E-state index in [9.17, 15) is 4.79 Å². The molecule has 0 bridgehead atoms. The normalized spacial score (nSPS) is 11.0. The fraction of sp³-hybridized carbons (Fsp3) is 0.243. The van der Waals surface area contributed by atoms with Crippen molar-refractivity contribution in [2.75, 3.05) is 6.54 Å². The fourth-order valence-electron chi connectivity index (χ4n) is 5.21. The molecule has 1 amide bonds. The van der Waals surface area contributed by atoms with Crippen molar-refractivity contribution in [3.63, 3.8) is 0 Å². The number of aromatic nitrogens is 1. The SMILES string of the molecule is CC(=O)NCCCCc1ccc(OCc2cccc(-c3ccccc3)c2C)cc1OCc1ccc2nc(C)cc(Cl)c2c1. The number of carbonyl (C=O) groups excluding carboxylic acids is 1. The number of unbranched alkanes of at least 4 members (excludes halogenated alkanes) is 1. The van der Waals surface area contributed by atoms with Crippen LogP contribution in [0.5, 0.6) is 11.5 Å². The van der Waals surface area contributed by atoms with E-state index in [1.54, 1.807) is 6.92 Å². The molecule has 6 heteroatoms. The summed E-state index contributed by atoms with van der Waals surface area (Å²) in [5.41, 5.74) is 8.63. The lowest BCUT2D eigenvalue weighted by Crippen LogP contribution is -2.20. The molecule has 0 aliphatic heterocycles. The molecule has 0 aliphatic rings. The van der Waals surface area contributed by atoms with Crippen molar-refractivity contribution in [2.45, 2.75) is 53.2 Å². The predicted octanol–water partition coefficient (Wildman–Crippen LogP) is 8.79. The molecule has 0 saturated carbocycles. The quantitative estimate of drug-likeness (QED) is 0.147. The number of rotatable bonds is 12. The number of nitrogens with zero attached hydrogens (tertiary/aromatic N) is 1. The Morgan fingerprint density at radius 2 is 1.67 bits per heavy atom. The summed E-state index contributed by atoms with van der Waals surface area (Å²) in [5.74, 6) is 1.54. The van der Waals surface area contributed by atoms with Gasteiger partial charge in [-0.3, -0.25) is 9.78 Å². The van der Waals surface area contributed by atoms with Gasteiger partial charge in [-0.2, -0.15) is 0 Å². The molecular weight excluding hydrogens is 556 g/mol. The third-order valence-electron chi connectivity index (χ3n) is 7.56. The molecule has 5 rings (SSSR count). The largest absolute Gasteiger partial charge is 0.489 e. The Kier molecular flexibility index (Phi) is 9.96. The van der Waals surface area contributed by atoms with Crippen molar-refractivity contribution in [3.05, 3.63) is 124 Å². The minimum absolute atomic E-state index is 0.00378. The average molecular weight is 593 g/mol. The highest BCUT2D eigenvalue weighted by Crippen LogP contribution is 2.31. The van der Waals surface area contributed by atoms with Crippen LogP contribution >= 0.6 is 11.6 Å². The molecule has 43 heavy (non-hydrogen) atoms. The first kappa shape index (κ1) is 30.1. The molecule has 5 aromatic rings. The van der Waals surface area contributed by atoms with Crippen molar-refractivity contribution in [2.24, 2.45) is 0 Å². The summed E-state index contributed by atoms with van der Waals surface area (Å²) < 4.78 is 12.7. The van der Waals surface area contributed by atoms with Gasteiger partial charge in [0.2, 0.25) is 5.91 Å². The van der Waals surface area contributed by atoms with E-state index in [2.05, 4.69) is 65.8 Å². The van der Waals surface area contributed by atoms with Gasteiger partial charge in [-0.25, -0.2) is 0 Å². The Morgan fingerprint density at radius 1 is 0.837 bits per heavy atom. The molecule has 0 atom stereocenters. The first-order valence-electron chi connectivity index (χ1n) is 14.7. The second-order valence-corrected chi connectivity index (χ2v) is 11.2. The van der Waals surface area contributed by atoms with Gasteiger partial charge < -0.3 is 14.8 Å². The van der Waals surface area contributed by atoms with E-state index in [-0.39, 0.29) is 5.91 Å². The van der Waals surface area contributed by atoms with Crippen LogP contribution in [0, 0.1) is 13.8 Å². The molecule has 0 saturated heterocycles. The van der Waals surface area contributed by atoms with Gasteiger partial charge in [0.25, 0.3) is 0 Å². The molecule has 0 fully saturated rings. The van der Waals surface area contributed by atoms with E-state index in [0.29, 0.717) is 24.8 Å². The lowest BCUT2D eigenvalue weighted by atomic mass is 9.97. The van der Waals surface area contributed by atoms with Crippen molar-refractivity contribution >= 4 is 28.4 Å². The average Bonchev–Trinajstić information content (AvgIpc) is 3.00. The van der Waals surface area contributed by atoms with Crippen LogP contribution in [0.1, 0.15) is 47.7 Å². The number of fused-ring (bicyclic) bond motifs is 1. The van der Waals surface area contributed by atoms with Crippen molar-refractivity contribution < 1.29 is 14.3 Å². The van der Waals surface area contributed by atoms with Crippen LogP contribution in [-0.2, 0) is 24.4 Å². The van der Waals surface area contributed by atoms with Crippen LogP contribution in [-0.4, -0.2) is 17.4 Å². The number of nitrogens with one attached hydrogen (secondary N) is 1. The summed E-state index contributed by atoms with van der Waals surface area (Å²) in [5, 5.41) is 4.47.